The second kappa shape index (κ2) is 9.07. The molecule has 2 amide bonds. The highest BCUT2D eigenvalue weighted by Crippen LogP contribution is 2.20. The molecule has 3 aromatic rings. The van der Waals surface area contributed by atoms with Crippen LogP contribution in [0, 0.1) is 19.8 Å². The third-order valence-electron chi connectivity index (χ3n) is 5.50. The maximum absolute atomic E-state index is 13.0. The summed E-state index contributed by atoms with van der Waals surface area (Å²) in [5, 5.41) is 7.13. The number of carbonyl (C=O) groups excluding carboxylic acids is 2. The molecule has 0 aliphatic carbocycles. The molecule has 31 heavy (non-hydrogen) atoms. The predicted molar refractivity (Wildman–Crippen MR) is 116 cm³/mol. The molecule has 160 valence electrons. The van der Waals surface area contributed by atoms with Gasteiger partial charge in [0.05, 0.1) is 5.92 Å². The SMILES string of the molecule is Cc1cc(C)cc(C(=O)N2CCCC(C(=O)NCc3cccnc3-n3cncn3)C2)c1. The third-order valence-corrected chi connectivity index (χ3v) is 5.50. The minimum Gasteiger partial charge on any atom is -0.352 e. The number of amides is 2. The van der Waals surface area contributed by atoms with Gasteiger partial charge in [0, 0.05) is 37.0 Å². The van der Waals surface area contributed by atoms with Crippen LogP contribution in [0.4, 0.5) is 0 Å². The number of benzene rings is 1. The standard InChI is InChI=1S/C23H26N6O2/c1-16-9-17(2)11-20(10-16)23(31)28-8-4-6-19(13-28)22(30)26-12-18-5-3-7-25-21(18)29-15-24-14-27-29/h3,5,7,9-11,14-15,19H,4,6,8,12-13H2,1-2H3,(H,26,30). The molecule has 0 radical (unpaired) electrons. The van der Waals surface area contributed by atoms with Crippen molar-refractivity contribution in [1.29, 1.82) is 0 Å². The van der Waals surface area contributed by atoms with E-state index >= 15 is 0 Å². The Kier molecular flexibility index (Phi) is 6.06. The number of rotatable bonds is 5. The number of aryl methyl sites for hydroxylation is 2. The summed E-state index contributed by atoms with van der Waals surface area (Å²) in [7, 11) is 0. The molecule has 2 aromatic heterocycles. The van der Waals surface area contributed by atoms with Gasteiger partial charge in [-0.3, -0.25) is 9.59 Å². The van der Waals surface area contributed by atoms with Gasteiger partial charge < -0.3 is 10.2 Å². The van der Waals surface area contributed by atoms with Gasteiger partial charge in [-0.05, 0) is 44.9 Å². The highest BCUT2D eigenvalue weighted by atomic mass is 16.2. The first-order valence-corrected chi connectivity index (χ1v) is 10.5. The lowest BCUT2D eigenvalue weighted by molar-refractivity contribution is -0.126. The summed E-state index contributed by atoms with van der Waals surface area (Å²) in [5.74, 6) is 0.349. The molecule has 1 fully saturated rings. The van der Waals surface area contributed by atoms with Crippen molar-refractivity contribution in [3.8, 4) is 5.82 Å². The van der Waals surface area contributed by atoms with Crippen LogP contribution < -0.4 is 5.32 Å². The van der Waals surface area contributed by atoms with Crippen molar-refractivity contribution in [2.75, 3.05) is 13.1 Å². The van der Waals surface area contributed by atoms with E-state index in [1.54, 1.807) is 22.1 Å². The molecular weight excluding hydrogens is 392 g/mol. The summed E-state index contributed by atoms with van der Waals surface area (Å²) in [5.41, 5.74) is 3.66. The zero-order valence-electron chi connectivity index (χ0n) is 17.8. The number of hydrogen-bond acceptors (Lipinski definition) is 5. The lowest BCUT2D eigenvalue weighted by Gasteiger charge is -2.32. The maximum Gasteiger partial charge on any atom is 0.253 e. The van der Waals surface area contributed by atoms with Gasteiger partial charge in [-0.15, -0.1) is 0 Å². The second-order valence-electron chi connectivity index (χ2n) is 8.01. The molecule has 1 saturated heterocycles. The van der Waals surface area contributed by atoms with Crippen molar-refractivity contribution in [3.63, 3.8) is 0 Å². The quantitative estimate of drug-likeness (QED) is 0.687. The fourth-order valence-electron chi connectivity index (χ4n) is 4.08. The monoisotopic (exact) mass is 418 g/mol. The summed E-state index contributed by atoms with van der Waals surface area (Å²) in [4.78, 5) is 36.0. The Morgan fingerprint density at radius 3 is 2.74 bits per heavy atom. The van der Waals surface area contributed by atoms with Crippen molar-refractivity contribution >= 4 is 11.8 Å². The molecule has 1 aliphatic heterocycles. The topological polar surface area (TPSA) is 93.0 Å². The lowest BCUT2D eigenvalue weighted by Crippen LogP contribution is -2.45. The Balaban J connectivity index is 1.40. The minimum absolute atomic E-state index is 0.00923. The lowest BCUT2D eigenvalue weighted by atomic mass is 9.96. The molecule has 1 N–H and O–H groups in total. The van der Waals surface area contributed by atoms with E-state index in [0.29, 0.717) is 31.0 Å². The second-order valence-corrected chi connectivity index (χ2v) is 8.01. The molecule has 0 saturated carbocycles. The zero-order chi connectivity index (χ0) is 21.8. The van der Waals surface area contributed by atoms with E-state index in [9.17, 15) is 9.59 Å². The molecular formula is C23H26N6O2. The van der Waals surface area contributed by atoms with Gasteiger partial charge in [0.25, 0.3) is 5.91 Å². The van der Waals surface area contributed by atoms with Gasteiger partial charge in [0.15, 0.2) is 5.82 Å². The largest absolute Gasteiger partial charge is 0.352 e. The summed E-state index contributed by atoms with van der Waals surface area (Å²) >= 11 is 0. The van der Waals surface area contributed by atoms with Crippen molar-refractivity contribution in [3.05, 3.63) is 71.4 Å². The van der Waals surface area contributed by atoms with Crippen LogP contribution in [0.1, 0.15) is 39.9 Å². The normalized spacial score (nSPS) is 16.2. The van der Waals surface area contributed by atoms with E-state index in [0.717, 1.165) is 29.5 Å². The van der Waals surface area contributed by atoms with Crippen LogP contribution in [0.15, 0.2) is 49.2 Å². The van der Waals surface area contributed by atoms with Gasteiger partial charge in [-0.1, -0.05) is 23.3 Å². The number of pyridine rings is 1. The van der Waals surface area contributed by atoms with E-state index in [1.807, 2.05) is 38.1 Å². The van der Waals surface area contributed by atoms with E-state index in [-0.39, 0.29) is 17.7 Å². The van der Waals surface area contributed by atoms with E-state index in [1.165, 1.54) is 6.33 Å². The molecule has 1 atom stereocenters. The minimum atomic E-state index is -0.227. The van der Waals surface area contributed by atoms with Crippen LogP contribution in [-0.2, 0) is 11.3 Å². The fraction of sp³-hybridized carbons (Fsp3) is 0.348. The smallest absolute Gasteiger partial charge is 0.253 e. The first-order valence-electron chi connectivity index (χ1n) is 10.5. The van der Waals surface area contributed by atoms with Crippen LogP contribution in [0.2, 0.25) is 0 Å². The van der Waals surface area contributed by atoms with Crippen LogP contribution in [0.3, 0.4) is 0 Å². The summed E-state index contributed by atoms with van der Waals surface area (Å²) < 4.78 is 1.58. The number of nitrogens with zero attached hydrogens (tertiary/aromatic N) is 5. The van der Waals surface area contributed by atoms with Gasteiger partial charge in [-0.2, -0.15) is 5.10 Å². The number of likely N-dealkylation sites (tertiary alicyclic amines) is 1. The molecule has 8 heteroatoms. The molecule has 8 nitrogen and oxygen atoms in total. The summed E-state index contributed by atoms with van der Waals surface area (Å²) in [6.07, 6.45) is 6.28. The molecule has 1 aliphatic rings. The average molecular weight is 419 g/mol. The van der Waals surface area contributed by atoms with Gasteiger partial charge in [0.1, 0.15) is 12.7 Å². The Morgan fingerprint density at radius 2 is 2.00 bits per heavy atom. The van der Waals surface area contributed by atoms with Gasteiger partial charge in [-0.25, -0.2) is 14.6 Å². The highest BCUT2D eigenvalue weighted by Gasteiger charge is 2.29. The van der Waals surface area contributed by atoms with Crippen molar-refractivity contribution in [2.24, 2.45) is 5.92 Å². The van der Waals surface area contributed by atoms with Crippen LogP contribution in [0.5, 0.6) is 0 Å². The van der Waals surface area contributed by atoms with Crippen LogP contribution >= 0.6 is 0 Å². The van der Waals surface area contributed by atoms with E-state index in [2.05, 4.69) is 26.4 Å². The number of carbonyl (C=O) groups is 2. The highest BCUT2D eigenvalue weighted by molar-refractivity contribution is 5.95. The number of aromatic nitrogens is 4. The van der Waals surface area contributed by atoms with E-state index in [4.69, 9.17) is 0 Å². The van der Waals surface area contributed by atoms with Gasteiger partial charge >= 0.3 is 0 Å². The molecule has 1 unspecified atom stereocenters. The first kappa shape index (κ1) is 20.7. The first-order chi connectivity index (χ1) is 15.0. The number of hydrogen-bond donors (Lipinski definition) is 1. The third kappa shape index (κ3) is 4.79. The van der Waals surface area contributed by atoms with E-state index < -0.39 is 0 Å². The Labute approximate surface area is 181 Å². The van der Waals surface area contributed by atoms with Crippen LogP contribution in [0.25, 0.3) is 5.82 Å². The predicted octanol–water partition coefficient (Wildman–Crippen LogP) is 2.45. The van der Waals surface area contributed by atoms with Gasteiger partial charge in [0.2, 0.25) is 5.91 Å². The molecule has 0 spiro atoms. The Morgan fingerprint density at radius 1 is 1.19 bits per heavy atom. The average Bonchev–Trinajstić information content (AvgIpc) is 3.31. The molecule has 1 aromatic carbocycles. The Bertz CT molecular complexity index is 1060. The number of nitrogens with one attached hydrogen (secondary N) is 1. The van der Waals surface area contributed by atoms with Crippen LogP contribution in [-0.4, -0.2) is 49.6 Å². The maximum atomic E-state index is 13.0. The summed E-state index contributed by atoms with van der Waals surface area (Å²) in [6, 6.07) is 9.60. The fourth-order valence-corrected chi connectivity index (χ4v) is 4.08. The molecule has 0 bridgehead atoms. The molecule has 4 rings (SSSR count). The summed E-state index contributed by atoms with van der Waals surface area (Å²) in [6.45, 7) is 5.42. The number of piperidine rings is 1. The Hall–Kier alpha value is -3.55. The van der Waals surface area contributed by atoms with Crippen molar-refractivity contribution in [1.82, 2.24) is 30.0 Å². The molecule has 3 heterocycles. The van der Waals surface area contributed by atoms with Crippen molar-refractivity contribution in [2.45, 2.75) is 33.2 Å². The van der Waals surface area contributed by atoms with Crippen molar-refractivity contribution < 1.29 is 9.59 Å². The zero-order valence-corrected chi connectivity index (χ0v) is 17.8.